The summed E-state index contributed by atoms with van der Waals surface area (Å²) in [5.41, 5.74) is 0.982. The Morgan fingerprint density at radius 2 is 2.17 bits per heavy atom. The van der Waals surface area contributed by atoms with E-state index in [9.17, 15) is 5.11 Å². The summed E-state index contributed by atoms with van der Waals surface area (Å²) in [5, 5.41) is 10.9. The molecule has 1 aliphatic heterocycles. The zero-order chi connectivity index (χ0) is 12.5. The van der Waals surface area contributed by atoms with E-state index in [-0.39, 0.29) is 6.10 Å². The fourth-order valence-electron chi connectivity index (χ4n) is 2.44. The number of nitrogens with zero attached hydrogens (tertiary/aromatic N) is 2. The number of rotatable bonds is 1. The summed E-state index contributed by atoms with van der Waals surface area (Å²) in [6.45, 7) is 1.66. The first kappa shape index (κ1) is 11.9. The molecule has 4 heteroatoms. The zero-order valence-corrected chi connectivity index (χ0v) is 11.6. The van der Waals surface area contributed by atoms with Gasteiger partial charge in [-0.05, 0) is 47.0 Å². The molecule has 2 heterocycles. The summed E-state index contributed by atoms with van der Waals surface area (Å²) in [4.78, 5) is 6.86. The number of hydrogen-bond donors (Lipinski definition) is 1. The van der Waals surface area contributed by atoms with Crippen molar-refractivity contribution < 1.29 is 5.11 Å². The lowest BCUT2D eigenvalue weighted by Gasteiger charge is -2.31. The number of aliphatic hydroxyl groups is 1. The van der Waals surface area contributed by atoms with Gasteiger partial charge >= 0.3 is 0 Å². The first-order valence-electron chi connectivity index (χ1n) is 6.22. The monoisotopic (exact) mass is 306 g/mol. The third-order valence-electron chi connectivity index (χ3n) is 3.38. The van der Waals surface area contributed by atoms with Gasteiger partial charge in [0, 0.05) is 22.9 Å². The van der Waals surface area contributed by atoms with Crippen LogP contribution in [-0.4, -0.2) is 29.3 Å². The van der Waals surface area contributed by atoms with Crippen molar-refractivity contribution in [2.24, 2.45) is 0 Å². The molecular weight excluding hydrogens is 292 g/mol. The van der Waals surface area contributed by atoms with E-state index in [0.717, 1.165) is 40.6 Å². The average Bonchev–Trinajstić information content (AvgIpc) is 2.39. The Morgan fingerprint density at radius 3 is 3.00 bits per heavy atom. The van der Waals surface area contributed by atoms with Crippen LogP contribution >= 0.6 is 15.9 Å². The van der Waals surface area contributed by atoms with Gasteiger partial charge in [0.05, 0.1) is 11.6 Å². The fourth-order valence-corrected chi connectivity index (χ4v) is 2.91. The number of halogens is 1. The van der Waals surface area contributed by atoms with Crippen LogP contribution in [0.5, 0.6) is 0 Å². The van der Waals surface area contributed by atoms with Crippen molar-refractivity contribution in [2.75, 3.05) is 18.0 Å². The molecule has 1 aliphatic rings. The smallest absolute Gasteiger partial charge is 0.129 e. The second-order valence-corrected chi connectivity index (χ2v) is 5.58. The van der Waals surface area contributed by atoms with Gasteiger partial charge in [0.15, 0.2) is 0 Å². The Kier molecular flexibility index (Phi) is 3.22. The summed E-state index contributed by atoms with van der Waals surface area (Å²) in [7, 11) is 0. The average molecular weight is 307 g/mol. The van der Waals surface area contributed by atoms with Crippen molar-refractivity contribution in [1.29, 1.82) is 0 Å². The molecule has 0 amide bonds. The Labute approximate surface area is 115 Å². The van der Waals surface area contributed by atoms with Crippen LogP contribution in [0.2, 0.25) is 0 Å². The largest absolute Gasteiger partial charge is 0.391 e. The van der Waals surface area contributed by atoms with E-state index in [2.05, 4.69) is 33.0 Å². The Balaban J connectivity index is 1.99. The number of fused-ring (bicyclic) bond motifs is 1. The van der Waals surface area contributed by atoms with Gasteiger partial charge in [0.1, 0.15) is 5.82 Å². The molecular formula is C14H15BrN2O. The molecule has 0 bridgehead atoms. The van der Waals surface area contributed by atoms with Crippen LogP contribution in [0.1, 0.15) is 12.8 Å². The molecule has 1 N–H and O–H groups in total. The van der Waals surface area contributed by atoms with Gasteiger partial charge in [-0.3, -0.25) is 0 Å². The van der Waals surface area contributed by atoms with Crippen molar-refractivity contribution in [2.45, 2.75) is 18.9 Å². The number of hydrogen-bond acceptors (Lipinski definition) is 3. The molecule has 3 rings (SSSR count). The van der Waals surface area contributed by atoms with Crippen LogP contribution in [-0.2, 0) is 0 Å². The second kappa shape index (κ2) is 4.86. The molecule has 1 aromatic heterocycles. The van der Waals surface area contributed by atoms with Gasteiger partial charge < -0.3 is 10.0 Å². The first-order valence-corrected chi connectivity index (χ1v) is 7.01. The molecule has 18 heavy (non-hydrogen) atoms. The molecule has 1 fully saturated rings. The maximum atomic E-state index is 9.73. The second-order valence-electron chi connectivity index (χ2n) is 4.72. The van der Waals surface area contributed by atoms with E-state index in [1.165, 1.54) is 0 Å². The predicted octanol–water partition coefficient (Wildman–Crippen LogP) is 2.96. The molecule has 0 saturated carbocycles. The van der Waals surface area contributed by atoms with E-state index < -0.39 is 0 Å². The van der Waals surface area contributed by atoms with Crippen molar-refractivity contribution in [3.05, 3.63) is 34.8 Å². The van der Waals surface area contributed by atoms with Gasteiger partial charge in [-0.15, -0.1) is 0 Å². The van der Waals surface area contributed by atoms with E-state index >= 15 is 0 Å². The molecule has 1 unspecified atom stereocenters. The highest BCUT2D eigenvalue weighted by molar-refractivity contribution is 9.10. The number of pyridine rings is 1. The molecule has 94 valence electrons. The zero-order valence-electron chi connectivity index (χ0n) is 10.0. The van der Waals surface area contributed by atoms with E-state index in [0.29, 0.717) is 6.54 Å². The number of para-hydroxylation sites is 1. The number of aromatic nitrogens is 1. The van der Waals surface area contributed by atoms with Crippen LogP contribution in [0, 0.1) is 0 Å². The predicted molar refractivity (Wildman–Crippen MR) is 76.9 cm³/mol. The van der Waals surface area contributed by atoms with E-state index in [1.54, 1.807) is 0 Å². The Hall–Kier alpha value is -1.13. The summed E-state index contributed by atoms with van der Waals surface area (Å²) in [6, 6.07) is 10.2. The number of aliphatic hydroxyl groups excluding tert-OH is 1. The molecule has 0 aliphatic carbocycles. The summed E-state index contributed by atoms with van der Waals surface area (Å²) >= 11 is 3.54. The lowest BCUT2D eigenvalue weighted by Crippen LogP contribution is -2.38. The van der Waals surface area contributed by atoms with Gasteiger partial charge in [-0.1, -0.05) is 12.1 Å². The van der Waals surface area contributed by atoms with E-state index in [1.807, 2.05) is 18.2 Å². The molecule has 1 aromatic carbocycles. The highest BCUT2D eigenvalue weighted by atomic mass is 79.9. The summed E-state index contributed by atoms with van der Waals surface area (Å²) < 4.78 is 1.01. The van der Waals surface area contributed by atoms with Crippen molar-refractivity contribution >= 4 is 32.7 Å². The SMILES string of the molecule is OC1CCCN(c2ccc3cccc(Br)c3n2)C1. The highest BCUT2D eigenvalue weighted by Gasteiger charge is 2.19. The van der Waals surface area contributed by atoms with Crippen LogP contribution in [0.15, 0.2) is 34.8 Å². The van der Waals surface area contributed by atoms with Crippen molar-refractivity contribution in [3.8, 4) is 0 Å². The lowest BCUT2D eigenvalue weighted by molar-refractivity contribution is 0.154. The topological polar surface area (TPSA) is 36.4 Å². The van der Waals surface area contributed by atoms with Crippen LogP contribution in [0.4, 0.5) is 5.82 Å². The third kappa shape index (κ3) is 2.22. The number of piperidine rings is 1. The third-order valence-corrected chi connectivity index (χ3v) is 4.02. The normalized spacial score (nSPS) is 20.3. The Morgan fingerprint density at radius 1 is 1.28 bits per heavy atom. The van der Waals surface area contributed by atoms with Crippen LogP contribution in [0.25, 0.3) is 10.9 Å². The van der Waals surface area contributed by atoms with Crippen LogP contribution in [0.3, 0.4) is 0 Å². The molecule has 1 saturated heterocycles. The number of anilines is 1. The summed E-state index contributed by atoms with van der Waals surface area (Å²) in [6.07, 6.45) is 1.69. The molecule has 2 aromatic rings. The van der Waals surface area contributed by atoms with Crippen LogP contribution < -0.4 is 4.90 Å². The summed E-state index contributed by atoms with van der Waals surface area (Å²) in [5.74, 6) is 0.952. The van der Waals surface area contributed by atoms with Crippen molar-refractivity contribution in [3.63, 3.8) is 0 Å². The highest BCUT2D eigenvalue weighted by Crippen LogP contribution is 2.26. The minimum Gasteiger partial charge on any atom is -0.391 e. The number of benzene rings is 1. The minimum absolute atomic E-state index is 0.226. The molecule has 0 radical (unpaired) electrons. The quantitative estimate of drug-likeness (QED) is 0.880. The molecule has 0 spiro atoms. The molecule has 3 nitrogen and oxygen atoms in total. The van der Waals surface area contributed by atoms with E-state index in [4.69, 9.17) is 4.98 Å². The molecule has 1 atom stereocenters. The lowest BCUT2D eigenvalue weighted by atomic mass is 10.1. The minimum atomic E-state index is -0.226. The van der Waals surface area contributed by atoms with Gasteiger partial charge in [-0.25, -0.2) is 4.98 Å². The maximum Gasteiger partial charge on any atom is 0.129 e. The first-order chi connectivity index (χ1) is 8.74. The fraction of sp³-hybridized carbons (Fsp3) is 0.357. The van der Waals surface area contributed by atoms with Crippen molar-refractivity contribution in [1.82, 2.24) is 4.98 Å². The standard InChI is InChI=1S/C14H15BrN2O/c15-12-5-1-3-10-6-7-13(16-14(10)12)17-8-2-4-11(18)9-17/h1,3,5-7,11,18H,2,4,8-9H2. The van der Waals surface area contributed by atoms with Gasteiger partial charge in [0.2, 0.25) is 0 Å². The maximum absolute atomic E-state index is 9.73. The van der Waals surface area contributed by atoms with Gasteiger partial charge in [-0.2, -0.15) is 0 Å². The number of β-amino-alcohol motifs (C(OH)–C–C–N with tert-alkyl or cyclic N) is 1. The Bertz CT molecular complexity index is 573. The van der Waals surface area contributed by atoms with Gasteiger partial charge in [0.25, 0.3) is 0 Å².